The number of carbonyl (C=O) groups is 5. The Morgan fingerprint density at radius 1 is 0.961 bits per heavy atom. The van der Waals surface area contributed by atoms with Crippen LogP contribution in [0.5, 0.6) is 0 Å². The van der Waals surface area contributed by atoms with Gasteiger partial charge in [-0.15, -0.1) is 6.58 Å². The van der Waals surface area contributed by atoms with E-state index < -0.39 is 61.1 Å². The minimum absolute atomic E-state index is 0.0232. The number of allylic oxidation sites excluding steroid dienone is 1. The summed E-state index contributed by atoms with van der Waals surface area (Å²) in [7, 11) is -3.56. The molecule has 4 aliphatic rings. The molecule has 1 saturated heterocycles. The Bertz CT molecular complexity index is 1450. The van der Waals surface area contributed by atoms with Gasteiger partial charge in [0.1, 0.15) is 6.04 Å². The number of unbranched alkanes of at least 4 members (excludes halogenated alkanes) is 1. The maximum absolute atomic E-state index is 14.8. The molecule has 3 aliphatic carbocycles. The summed E-state index contributed by atoms with van der Waals surface area (Å²) >= 11 is 0. The molecule has 11 heteroatoms. The molecule has 3 saturated carbocycles. The van der Waals surface area contributed by atoms with Gasteiger partial charge in [0.05, 0.1) is 22.1 Å². The monoisotopic (exact) mass is 731 g/mol. The molecule has 4 rings (SSSR count). The van der Waals surface area contributed by atoms with Crippen LogP contribution in [0.3, 0.4) is 0 Å². The Morgan fingerprint density at radius 3 is 2.16 bits per heavy atom. The molecule has 0 bridgehead atoms. The van der Waals surface area contributed by atoms with Crippen LogP contribution in [0, 0.1) is 28.6 Å². The van der Waals surface area contributed by atoms with Crippen molar-refractivity contribution in [1.29, 1.82) is 0 Å². The van der Waals surface area contributed by atoms with Crippen LogP contribution < -0.4 is 10.6 Å². The molecule has 0 aromatic heterocycles. The van der Waals surface area contributed by atoms with Crippen molar-refractivity contribution in [1.82, 2.24) is 15.5 Å². The van der Waals surface area contributed by atoms with Gasteiger partial charge in [-0.25, -0.2) is 13.2 Å². The molecular weight excluding hydrogens is 667 g/mol. The Balaban J connectivity index is 1.59. The minimum atomic E-state index is -3.56. The fourth-order valence-corrected chi connectivity index (χ4v) is 10.6. The van der Waals surface area contributed by atoms with Gasteiger partial charge >= 0.3 is 6.03 Å². The number of urea groups is 1. The zero-order valence-electron chi connectivity index (χ0n) is 32.4. The van der Waals surface area contributed by atoms with E-state index in [9.17, 15) is 32.4 Å². The van der Waals surface area contributed by atoms with E-state index in [1.54, 1.807) is 31.7 Å². The number of amides is 3. The van der Waals surface area contributed by atoms with Crippen molar-refractivity contribution in [3.05, 3.63) is 12.7 Å². The maximum Gasteiger partial charge on any atom is 0.315 e. The van der Waals surface area contributed by atoms with Crippen molar-refractivity contribution in [3.8, 4) is 0 Å². The minimum Gasteiger partial charge on any atom is -0.332 e. The molecular formula is C40H65N3O7S. The van der Waals surface area contributed by atoms with Gasteiger partial charge in [-0.1, -0.05) is 65.9 Å². The Kier molecular flexibility index (Phi) is 12.8. The average molecular weight is 732 g/mol. The maximum atomic E-state index is 14.8. The molecule has 10 nitrogen and oxygen atoms in total. The molecule has 3 amide bonds. The van der Waals surface area contributed by atoms with E-state index in [0.29, 0.717) is 38.6 Å². The highest BCUT2D eigenvalue weighted by Gasteiger charge is 2.64. The van der Waals surface area contributed by atoms with E-state index in [0.717, 1.165) is 51.4 Å². The van der Waals surface area contributed by atoms with Crippen LogP contribution in [-0.2, 0) is 29.0 Å². The zero-order chi connectivity index (χ0) is 38.0. The van der Waals surface area contributed by atoms with Crippen LogP contribution in [0.2, 0.25) is 0 Å². The van der Waals surface area contributed by atoms with Crippen molar-refractivity contribution < 1.29 is 32.4 Å². The van der Waals surface area contributed by atoms with Crippen LogP contribution in [0.1, 0.15) is 145 Å². The number of nitrogens with zero attached hydrogens (tertiary/aromatic N) is 1. The number of nitrogens with one attached hydrogen (secondary N) is 2. The predicted octanol–water partition coefficient (Wildman–Crippen LogP) is 6.50. The summed E-state index contributed by atoms with van der Waals surface area (Å²) in [6, 6.07) is -2.29. The van der Waals surface area contributed by atoms with E-state index in [4.69, 9.17) is 0 Å². The lowest BCUT2D eigenvalue weighted by Gasteiger charge is -2.41. The molecule has 0 aromatic rings. The molecule has 1 heterocycles. The van der Waals surface area contributed by atoms with E-state index in [1.165, 1.54) is 0 Å². The highest BCUT2D eigenvalue weighted by Crippen LogP contribution is 2.66. The standard InChI is InChI=1S/C40H65N3O7S/c1-9-11-16-27(33(46)30(44)17-12-10-2)24-31(45)32-28-18-21-39(22-23-39)29(28)25-43(32)35(47)34(37(3,4)5)41-36(48)42-40(19-14-13-15-20-40)26-51(49,50)38(6,7)8/h10,27-29,32,34H,2,9,11-26H2,1,3-8H3,(H2,41,42,48)/t27?,28-,29-,32-,34+/m0/s1. The molecule has 4 fully saturated rings. The number of hydrogen-bond acceptors (Lipinski definition) is 7. The fourth-order valence-electron chi connectivity index (χ4n) is 9.04. The largest absolute Gasteiger partial charge is 0.332 e. The SMILES string of the molecule is C=CCCC(=O)C(=O)C(CCCC)CC(=O)[C@@H]1[C@H]2CCC3(CC3)[C@H]2CN1C(=O)[C@@H](NC(=O)NC1(CS(=O)(=O)C(C)(C)C)CCCCC1)C(C)(C)C. The lowest BCUT2D eigenvalue weighted by Crippen LogP contribution is -2.63. The summed E-state index contributed by atoms with van der Waals surface area (Å²) in [5, 5.41) is 6.01. The fraction of sp³-hybridized carbons (Fsp3) is 0.825. The third-order valence-electron chi connectivity index (χ3n) is 12.5. The molecule has 0 aromatic carbocycles. The van der Waals surface area contributed by atoms with Gasteiger partial charge in [0, 0.05) is 25.3 Å². The second-order valence-electron chi connectivity index (χ2n) is 18.3. The topological polar surface area (TPSA) is 147 Å². The van der Waals surface area contributed by atoms with Crippen molar-refractivity contribution in [2.75, 3.05) is 12.3 Å². The quantitative estimate of drug-likeness (QED) is 0.136. The van der Waals surface area contributed by atoms with Crippen molar-refractivity contribution in [3.63, 3.8) is 0 Å². The highest BCUT2D eigenvalue weighted by atomic mass is 32.2. The van der Waals surface area contributed by atoms with Crippen LogP contribution in [0.15, 0.2) is 12.7 Å². The summed E-state index contributed by atoms with van der Waals surface area (Å²) in [6.07, 6.45) is 11.6. The van der Waals surface area contributed by atoms with Crippen molar-refractivity contribution in [2.45, 2.75) is 167 Å². The molecule has 5 atom stereocenters. The van der Waals surface area contributed by atoms with Gasteiger partial charge in [-0.3, -0.25) is 19.2 Å². The number of hydrogen-bond donors (Lipinski definition) is 2. The lowest BCUT2D eigenvalue weighted by atomic mass is 9.82. The third-order valence-corrected chi connectivity index (χ3v) is 15.3. The number of ketones is 3. The van der Waals surface area contributed by atoms with Crippen LogP contribution in [0.25, 0.3) is 0 Å². The van der Waals surface area contributed by atoms with Crippen molar-refractivity contribution in [2.24, 2.45) is 28.6 Å². The number of fused-ring (bicyclic) bond motifs is 2. The number of Topliss-reactive ketones (excluding diaryl/α,β-unsaturated/α-hetero) is 3. The summed E-state index contributed by atoms with van der Waals surface area (Å²) in [5.74, 6) is -2.24. The molecule has 288 valence electrons. The van der Waals surface area contributed by atoms with Crippen LogP contribution in [-0.4, -0.2) is 77.3 Å². The summed E-state index contributed by atoms with van der Waals surface area (Å²) in [4.78, 5) is 70.9. The Labute approximate surface area is 307 Å². The predicted molar refractivity (Wildman–Crippen MR) is 200 cm³/mol. The second-order valence-corrected chi connectivity index (χ2v) is 21.1. The molecule has 1 unspecified atom stereocenters. The Hall–Kier alpha value is -2.56. The number of sulfone groups is 1. The summed E-state index contributed by atoms with van der Waals surface area (Å²) < 4.78 is 25.8. The molecule has 2 N–H and O–H groups in total. The van der Waals surface area contributed by atoms with Gasteiger partial charge < -0.3 is 15.5 Å². The number of carbonyl (C=O) groups excluding carboxylic acids is 5. The number of rotatable bonds is 16. The lowest BCUT2D eigenvalue weighted by molar-refractivity contribution is -0.144. The van der Waals surface area contributed by atoms with E-state index in [-0.39, 0.29) is 47.5 Å². The first kappa shape index (κ1) is 41.2. The smallest absolute Gasteiger partial charge is 0.315 e. The molecule has 1 aliphatic heterocycles. The van der Waals surface area contributed by atoms with E-state index in [1.807, 2.05) is 27.7 Å². The van der Waals surface area contributed by atoms with Crippen molar-refractivity contribution >= 4 is 39.1 Å². The van der Waals surface area contributed by atoms with Crippen LogP contribution >= 0.6 is 0 Å². The van der Waals surface area contributed by atoms with Crippen LogP contribution in [0.4, 0.5) is 4.79 Å². The van der Waals surface area contributed by atoms with Gasteiger partial charge in [0.2, 0.25) is 11.7 Å². The molecule has 1 spiro atoms. The van der Waals surface area contributed by atoms with E-state index >= 15 is 0 Å². The second kappa shape index (κ2) is 15.8. The highest BCUT2D eigenvalue weighted by molar-refractivity contribution is 7.92. The van der Waals surface area contributed by atoms with Gasteiger partial charge in [0.15, 0.2) is 21.4 Å². The molecule has 51 heavy (non-hydrogen) atoms. The third kappa shape index (κ3) is 9.33. The summed E-state index contributed by atoms with van der Waals surface area (Å²) in [6.45, 7) is 16.7. The van der Waals surface area contributed by atoms with Gasteiger partial charge in [-0.05, 0) is 94.8 Å². The average Bonchev–Trinajstić information content (AvgIpc) is 3.61. The normalized spacial score (nSPS) is 25.1. The van der Waals surface area contributed by atoms with Gasteiger partial charge in [0.25, 0.3) is 0 Å². The molecule has 0 radical (unpaired) electrons. The zero-order valence-corrected chi connectivity index (χ0v) is 33.2. The van der Waals surface area contributed by atoms with E-state index in [2.05, 4.69) is 17.2 Å². The summed E-state index contributed by atoms with van der Waals surface area (Å²) in [5.41, 5.74) is -1.53. The Morgan fingerprint density at radius 2 is 1.61 bits per heavy atom. The number of likely N-dealkylation sites (tertiary alicyclic amines) is 1. The first-order valence-electron chi connectivity index (χ1n) is 19.5. The first-order valence-corrected chi connectivity index (χ1v) is 21.2. The van der Waals surface area contributed by atoms with Gasteiger partial charge in [-0.2, -0.15) is 0 Å². The first-order chi connectivity index (χ1) is 23.7.